The van der Waals surface area contributed by atoms with Gasteiger partial charge in [-0.25, -0.2) is 4.79 Å². The predicted molar refractivity (Wildman–Crippen MR) is 86.0 cm³/mol. The van der Waals surface area contributed by atoms with Crippen LogP contribution < -0.4 is 0 Å². The molecule has 0 spiro atoms. The summed E-state index contributed by atoms with van der Waals surface area (Å²) in [5.41, 5.74) is 0. The molecule has 2 aliphatic heterocycles. The normalized spacial score (nSPS) is 29.5. The zero-order chi connectivity index (χ0) is 15.8. The lowest BCUT2D eigenvalue weighted by molar-refractivity contribution is -0.138. The second-order valence-electron chi connectivity index (χ2n) is 6.84. The summed E-state index contributed by atoms with van der Waals surface area (Å²) in [7, 11) is 0. The first-order valence-corrected chi connectivity index (χ1v) is 9.26. The Kier molecular flexibility index (Phi) is 7.67. The number of carbonyl (C=O) groups is 1. The highest BCUT2D eigenvalue weighted by atomic mass is 16.6. The van der Waals surface area contributed by atoms with Gasteiger partial charge in [0.25, 0.3) is 0 Å². The van der Waals surface area contributed by atoms with E-state index >= 15 is 0 Å². The first-order valence-electron chi connectivity index (χ1n) is 9.26. The quantitative estimate of drug-likeness (QED) is 0.383. The summed E-state index contributed by atoms with van der Waals surface area (Å²) in [5.74, 6) is -0.811. The summed E-state index contributed by atoms with van der Waals surface area (Å²) in [6.07, 6.45) is 15.4. The van der Waals surface area contributed by atoms with E-state index in [1.165, 1.54) is 57.8 Å². The van der Waals surface area contributed by atoms with Crippen LogP contribution in [0.3, 0.4) is 0 Å². The van der Waals surface area contributed by atoms with Gasteiger partial charge in [0.2, 0.25) is 0 Å². The number of carboxylic acids is 1. The van der Waals surface area contributed by atoms with Crippen molar-refractivity contribution in [1.29, 1.82) is 0 Å². The van der Waals surface area contributed by atoms with E-state index in [1.54, 1.807) is 0 Å². The van der Waals surface area contributed by atoms with Crippen molar-refractivity contribution in [2.45, 2.75) is 108 Å². The SMILES string of the molecule is CCCCCCCCC1OC1CCCCCC1OC1C(=O)O. The van der Waals surface area contributed by atoms with Gasteiger partial charge in [-0.1, -0.05) is 64.7 Å². The molecular weight excluding hydrogens is 280 g/mol. The number of hydrogen-bond donors (Lipinski definition) is 1. The van der Waals surface area contributed by atoms with Crippen molar-refractivity contribution >= 4 is 5.97 Å². The lowest BCUT2D eigenvalue weighted by Crippen LogP contribution is -2.07. The number of unbranched alkanes of at least 4 members (excludes halogenated alkanes) is 7. The van der Waals surface area contributed by atoms with Crippen molar-refractivity contribution in [2.75, 3.05) is 0 Å². The molecule has 0 radical (unpaired) electrons. The van der Waals surface area contributed by atoms with Crippen molar-refractivity contribution in [1.82, 2.24) is 0 Å². The fourth-order valence-corrected chi connectivity index (χ4v) is 3.26. The third-order valence-corrected chi connectivity index (χ3v) is 4.83. The Bertz CT molecular complexity index is 331. The Labute approximate surface area is 134 Å². The summed E-state index contributed by atoms with van der Waals surface area (Å²) in [4.78, 5) is 10.6. The average molecular weight is 312 g/mol. The van der Waals surface area contributed by atoms with Crippen LogP contribution in [0.15, 0.2) is 0 Å². The molecule has 2 rings (SSSR count). The molecule has 4 heteroatoms. The Morgan fingerprint density at radius 1 is 0.773 bits per heavy atom. The van der Waals surface area contributed by atoms with Crippen LogP contribution in [-0.4, -0.2) is 35.5 Å². The van der Waals surface area contributed by atoms with Gasteiger partial charge in [0.05, 0.1) is 18.3 Å². The largest absolute Gasteiger partial charge is 0.479 e. The number of aliphatic carboxylic acids is 1. The molecule has 0 amide bonds. The Morgan fingerprint density at radius 3 is 1.82 bits per heavy atom. The van der Waals surface area contributed by atoms with E-state index in [0.29, 0.717) is 12.2 Å². The van der Waals surface area contributed by atoms with Crippen LogP contribution in [0.4, 0.5) is 0 Å². The lowest BCUT2D eigenvalue weighted by Gasteiger charge is -1.99. The minimum absolute atomic E-state index is 0.0184. The Hall–Kier alpha value is -0.610. The fraction of sp³-hybridized carbons (Fsp3) is 0.944. The highest BCUT2D eigenvalue weighted by molar-refractivity contribution is 5.75. The zero-order valence-corrected chi connectivity index (χ0v) is 14.0. The Balaban J connectivity index is 1.32. The van der Waals surface area contributed by atoms with Gasteiger partial charge in [-0.15, -0.1) is 0 Å². The molecule has 4 atom stereocenters. The number of ether oxygens (including phenoxy) is 2. The first-order chi connectivity index (χ1) is 10.7. The van der Waals surface area contributed by atoms with E-state index in [1.807, 2.05) is 0 Å². The maximum Gasteiger partial charge on any atom is 0.335 e. The monoisotopic (exact) mass is 312 g/mol. The Morgan fingerprint density at radius 2 is 1.27 bits per heavy atom. The zero-order valence-electron chi connectivity index (χ0n) is 14.0. The molecule has 2 saturated heterocycles. The van der Waals surface area contributed by atoms with Gasteiger partial charge < -0.3 is 14.6 Å². The van der Waals surface area contributed by atoms with Crippen molar-refractivity contribution < 1.29 is 19.4 Å². The van der Waals surface area contributed by atoms with Gasteiger partial charge in [0.1, 0.15) is 0 Å². The summed E-state index contributed by atoms with van der Waals surface area (Å²) in [6.45, 7) is 2.25. The first kappa shape index (κ1) is 17.7. The fourth-order valence-electron chi connectivity index (χ4n) is 3.26. The number of epoxide rings is 2. The average Bonchev–Trinajstić information content (AvgIpc) is 3.38. The molecule has 4 nitrogen and oxygen atoms in total. The topological polar surface area (TPSA) is 62.4 Å². The third-order valence-electron chi connectivity index (χ3n) is 4.83. The smallest absolute Gasteiger partial charge is 0.335 e. The van der Waals surface area contributed by atoms with E-state index in [4.69, 9.17) is 14.6 Å². The molecule has 1 N–H and O–H groups in total. The second-order valence-corrected chi connectivity index (χ2v) is 6.84. The van der Waals surface area contributed by atoms with Gasteiger partial charge in [0, 0.05) is 0 Å². The van der Waals surface area contributed by atoms with Gasteiger partial charge in [0.15, 0.2) is 6.10 Å². The van der Waals surface area contributed by atoms with Crippen molar-refractivity contribution in [3.8, 4) is 0 Å². The minimum Gasteiger partial charge on any atom is -0.479 e. The summed E-state index contributed by atoms with van der Waals surface area (Å²) >= 11 is 0. The van der Waals surface area contributed by atoms with Crippen LogP contribution in [0.5, 0.6) is 0 Å². The maximum absolute atomic E-state index is 10.6. The molecule has 22 heavy (non-hydrogen) atoms. The molecule has 0 aromatic carbocycles. The molecule has 0 aliphatic carbocycles. The molecule has 2 aliphatic rings. The second kappa shape index (κ2) is 9.51. The van der Waals surface area contributed by atoms with Crippen LogP contribution in [0, 0.1) is 0 Å². The van der Waals surface area contributed by atoms with Gasteiger partial charge in [-0.05, 0) is 19.3 Å². The van der Waals surface area contributed by atoms with E-state index in [-0.39, 0.29) is 6.10 Å². The summed E-state index contributed by atoms with van der Waals surface area (Å²) < 4.78 is 10.8. The number of rotatable bonds is 14. The highest BCUT2D eigenvalue weighted by Gasteiger charge is 2.44. The third kappa shape index (κ3) is 6.66. The van der Waals surface area contributed by atoms with Gasteiger partial charge >= 0.3 is 5.97 Å². The molecule has 0 aromatic rings. The molecule has 0 bridgehead atoms. The number of hydrogen-bond acceptors (Lipinski definition) is 3. The predicted octanol–water partition coefficient (Wildman–Crippen LogP) is 4.31. The summed E-state index contributed by atoms with van der Waals surface area (Å²) in [5, 5.41) is 8.73. The maximum atomic E-state index is 10.6. The lowest BCUT2D eigenvalue weighted by atomic mass is 10.0. The van der Waals surface area contributed by atoms with Crippen molar-refractivity contribution in [2.24, 2.45) is 0 Å². The molecule has 0 aromatic heterocycles. The highest BCUT2D eigenvalue weighted by Crippen LogP contribution is 2.32. The van der Waals surface area contributed by atoms with Crippen LogP contribution in [0.2, 0.25) is 0 Å². The molecule has 2 heterocycles. The van der Waals surface area contributed by atoms with Crippen LogP contribution in [-0.2, 0) is 14.3 Å². The van der Waals surface area contributed by atoms with E-state index in [9.17, 15) is 4.79 Å². The van der Waals surface area contributed by atoms with Crippen LogP contribution >= 0.6 is 0 Å². The minimum atomic E-state index is -0.811. The molecular formula is C18H32O4. The summed E-state index contributed by atoms with van der Waals surface area (Å²) in [6, 6.07) is 0. The van der Waals surface area contributed by atoms with Gasteiger partial charge in [-0.3, -0.25) is 0 Å². The van der Waals surface area contributed by atoms with Crippen molar-refractivity contribution in [3.63, 3.8) is 0 Å². The number of carboxylic acid groups (broad SMARTS) is 1. The molecule has 4 unspecified atom stereocenters. The standard InChI is InChI=1S/C18H32O4/c1-2-3-4-5-6-8-11-14-15(21-14)12-9-7-10-13-16-17(22-16)18(19)20/h14-17H,2-13H2,1H3,(H,19,20). The van der Waals surface area contributed by atoms with Crippen LogP contribution in [0.1, 0.15) is 84.0 Å². The van der Waals surface area contributed by atoms with Crippen LogP contribution in [0.25, 0.3) is 0 Å². The van der Waals surface area contributed by atoms with Gasteiger partial charge in [-0.2, -0.15) is 0 Å². The molecule has 128 valence electrons. The van der Waals surface area contributed by atoms with Crippen molar-refractivity contribution in [3.05, 3.63) is 0 Å². The molecule has 2 fully saturated rings. The van der Waals surface area contributed by atoms with E-state index in [2.05, 4.69) is 6.92 Å². The van der Waals surface area contributed by atoms with E-state index < -0.39 is 12.1 Å². The molecule has 0 saturated carbocycles. The van der Waals surface area contributed by atoms with E-state index in [0.717, 1.165) is 19.3 Å².